The maximum absolute atomic E-state index is 12.3. The van der Waals surface area contributed by atoms with Gasteiger partial charge in [0.2, 0.25) is 15.9 Å². The third-order valence-corrected chi connectivity index (χ3v) is 6.12. The van der Waals surface area contributed by atoms with Crippen LogP contribution in [0.15, 0.2) is 42.5 Å². The molecule has 0 aliphatic rings. The molecule has 0 radical (unpaired) electrons. The molecule has 2 aromatic carbocycles. The molecule has 2 aromatic rings. The lowest BCUT2D eigenvalue weighted by atomic mass is 10.1. The first kappa shape index (κ1) is 23.7. The molecule has 1 N–H and O–H groups in total. The standard InChI is InChI=1S/C23H32N2O4S/c1-18-13-14-19(2)21(17-18)25(30(4,27)28)16-8-12-23(26)24-15-7-10-20-9-5-6-11-22(20)29-3/h5-6,9,11,13-14,17H,7-8,10,12,15-16H2,1-4H3,(H,24,26). The molecule has 164 valence electrons. The van der Waals surface area contributed by atoms with Crippen LogP contribution in [0.4, 0.5) is 5.69 Å². The molecule has 0 bridgehead atoms. The van der Waals surface area contributed by atoms with Crippen molar-refractivity contribution in [2.75, 3.05) is 30.8 Å². The molecule has 30 heavy (non-hydrogen) atoms. The van der Waals surface area contributed by atoms with E-state index < -0.39 is 10.0 Å². The largest absolute Gasteiger partial charge is 0.496 e. The molecule has 0 saturated heterocycles. The fourth-order valence-corrected chi connectivity index (χ4v) is 4.36. The van der Waals surface area contributed by atoms with E-state index >= 15 is 0 Å². The van der Waals surface area contributed by atoms with Crippen LogP contribution in [0.2, 0.25) is 0 Å². The summed E-state index contributed by atoms with van der Waals surface area (Å²) < 4.78 is 31.3. The van der Waals surface area contributed by atoms with E-state index in [-0.39, 0.29) is 18.9 Å². The fraction of sp³-hybridized carbons (Fsp3) is 0.435. The van der Waals surface area contributed by atoms with Gasteiger partial charge in [-0.25, -0.2) is 8.42 Å². The molecule has 0 atom stereocenters. The molecule has 6 nitrogen and oxygen atoms in total. The maximum Gasteiger partial charge on any atom is 0.232 e. The number of para-hydroxylation sites is 1. The van der Waals surface area contributed by atoms with Gasteiger partial charge in [0.1, 0.15) is 5.75 Å². The summed E-state index contributed by atoms with van der Waals surface area (Å²) in [5.74, 6) is 0.792. The van der Waals surface area contributed by atoms with Crippen molar-refractivity contribution in [1.29, 1.82) is 0 Å². The normalized spacial score (nSPS) is 11.2. The number of nitrogens with zero attached hydrogens (tertiary/aromatic N) is 1. The van der Waals surface area contributed by atoms with Gasteiger partial charge in [0.15, 0.2) is 0 Å². The fourth-order valence-electron chi connectivity index (χ4n) is 3.34. The Hall–Kier alpha value is -2.54. The molecule has 0 aromatic heterocycles. The molecule has 0 unspecified atom stereocenters. The number of carbonyl (C=O) groups is 1. The molecule has 0 aliphatic heterocycles. The summed E-state index contributed by atoms with van der Waals surface area (Å²) in [5.41, 5.74) is 3.69. The van der Waals surface area contributed by atoms with Gasteiger partial charge in [-0.05, 0) is 61.9 Å². The van der Waals surface area contributed by atoms with Crippen molar-refractivity contribution in [1.82, 2.24) is 5.32 Å². The minimum absolute atomic E-state index is 0.0653. The van der Waals surface area contributed by atoms with Gasteiger partial charge in [-0.15, -0.1) is 0 Å². The van der Waals surface area contributed by atoms with Crippen molar-refractivity contribution in [3.8, 4) is 5.75 Å². The first-order valence-corrected chi connectivity index (χ1v) is 12.0. The quantitative estimate of drug-likeness (QED) is 0.551. The molecule has 0 spiro atoms. The summed E-state index contributed by atoms with van der Waals surface area (Å²) in [6.07, 6.45) is 3.57. The summed E-state index contributed by atoms with van der Waals surface area (Å²) in [7, 11) is -1.77. The number of hydrogen-bond acceptors (Lipinski definition) is 4. The third-order valence-electron chi connectivity index (χ3n) is 4.94. The van der Waals surface area contributed by atoms with Crippen LogP contribution < -0.4 is 14.4 Å². The Balaban J connectivity index is 1.81. The topological polar surface area (TPSA) is 75.7 Å². The number of nitrogens with one attached hydrogen (secondary N) is 1. The Labute approximate surface area is 180 Å². The van der Waals surface area contributed by atoms with Gasteiger partial charge in [-0.2, -0.15) is 0 Å². The number of anilines is 1. The zero-order valence-corrected chi connectivity index (χ0v) is 19.1. The lowest BCUT2D eigenvalue weighted by Gasteiger charge is -2.24. The minimum Gasteiger partial charge on any atom is -0.496 e. The Morgan fingerprint density at radius 1 is 1.10 bits per heavy atom. The summed E-state index contributed by atoms with van der Waals surface area (Å²) in [4.78, 5) is 12.2. The summed E-state index contributed by atoms with van der Waals surface area (Å²) >= 11 is 0. The zero-order valence-electron chi connectivity index (χ0n) is 18.3. The molecule has 7 heteroatoms. The van der Waals surface area contributed by atoms with Crippen molar-refractivity contribution < 1.29 is 17.9 Å². The Morgan fingerprint density at radius 3 is 2.53 bits per heavy atom. The van der Waals surface area contributed by atoms with Crippen LogP contribution in [0.25, 0.3) is 0 Å². The first-order valence-electron chi connectivity index (χ1n) is 10.2. The first-order chi connectivity index (χ1) is 14.2. The van der Waals surface area contributed by atoms with Crippen LogP contribution in [0.1, 0.15) is 36.0 Å². The minimum atomic E-state index is -3.42. The van der Waals surface area contributed by atoms with E-state index in [9.17, 15) is 13.2 Å². The van der Waals surface area contributed by atoms with E-state index in [4.69, 9.17) is 4.74 Å². The second kappa shape index (κ2) is 11.0. The number of benzene rings is 2. The predicted molar refractivity (Wildman–Crippen MR) is 122 cm³/mol. The van der Waals surface area contributed by atoms with Crippen LogP contribution in [-0.4, -0.2) is 40.8 Å². The average molecular weight is 433 g/mol. The van der Waals surface area contributed by atoms with Crippen molar-refractivity contribution in [2.24, 2.45) is 0 Å². The highest BCUT2D eigenvalue weighted by molar-refractivity contribution is 7.92. The highest BCUT2D eigenvalue weighted by Crippen LogP contribution is 2.24. The lowest BCUT2D eigenvalue weighted by Crippen LogP contribution is -2.33. The van der Waals surface area contributed by atoms with Crippen molar-refractivity contribution in [2.45, 2.75) is 39.5 Å². The zero-order chi connectivity index (χ0) is 22.1. The summed E-state index contributed by atoms with van der Waals surface area (Å²) in [5, 5.41) is 2.92. The molecule has 0 aliphatic carbocycles. The van der Waals surface area contributed by atoms with Crippen molar-refractivity contribution in [3.63, 3.8) is 0 Å². The van der Waals surface area contributed by atoms with E-state index in [0.29, 0.717) is 18.7 Å². The van der Waals surface area contributed by atoms with Gasteiger partial charge < -0.3 is 10.1 Å². The maximum atomic E-state index is 12.3. The molecule has 0 heterocycles. The van der Waals surface area contributed by atoms with Gasteiger partial charge in [-0.1, -0.05) is 30.3 Å². The van der Waals surface area contributed by atoms with Gasteiger partial charge in [0, 0.05) is 19.5 Å². The monoisotopic (exact) mass is 432 g/mol. The number of rotatable bonds is 11. The highest BCUT2D eigenvalue weighted by atomic mass is 32.2. The number of carbonyl (C=O) groups excluding carboxylic acids is 1. The lowest BCUT2D eigenvalue weighted by molar-refractivity contribution is -0.121. The van der Waals surface area contributed by atoms with Gasteiger partial charge in [0.05, 0.1) is 19.1 Å². The molecular formula is C23H32N2O4S. The third kappa shape index (κ3) is 7.06. The van der Waals surface area contributed by atoms with E-state index in [1.807, 2.05) is 56.3 Å². The number of hydrogen-bond donors (Lipinski definition) is 1. The van der Waals surface area contributed by atoms with Gasteiger partial charge >= 0.3 is 0 Å². The second-order valence-corrected chi connectivity index (χ2v) is 9.40. The van der Waals surface area contributed by atoms with E-state index in [1.165, 1.54) is 10.6 Å². The molecule has 0 fully saturated rings. The highest BCUT2D eigenvalue weighted by Gasteiger charge is 2.19. The second-order valence-electron chi connectivity index (χ2n) is 7.49. The number of aryl methyl sites for hydroxylation is 3. The van der Waals surface area contributed by atoms with Crippen LogP contribution in [0.3, 0.4) is 0 Å². The van der Waals surface area contributed by atoms with Crippen LogP contribution in [0.5, 0.6) is 5.75 Å². The van der Waals surface area contributed by atoms with E-state index in [0.717, 1.165) is 35.3 Å². The summed E-state index contributed by atoms with van der Waals surface area (Å²) in [6, 6.07) is 13.6. The van der Waals surface area contributed by atoms with E-state index in [2.05, 4.69) is 5.32 Å². The van der Waals surface area contributed by atoms with Gasteiger partial charge in [0.25, 0.3) is 0 Å². The number of methoxy groups -OCH3 is 1. The van der Waals surface area contributed by atoms with Crippen LogP contribution in [0, 0.1) is 13.8 Å². The average Bonchev–Trinajstić information content (AvgIpc) is 2.70. The molecular weight excluding hydrogens is 400 g/mol. The number of sulfonamides is 1. The smallest absolute Gasteiger partial charge is 0.232 e. The molecule has 1 amide bonds. The SMILES string of the molecule is COc1ccccc1CCCNC(=O)CCCN(c1cc(C)ccc1C)S(C)(=O)=O. The van der Waals surface area contributed by atoms with E-state index in [1.54, 1.807) is 7.11 Å². The van der Waals surface area contributed by atoms with Crippen LogP contribution >= 0.6 is 0 Å². The Bertz CT molecular complexity index is 957. The number of ether oxygens (including phenoxy) is 1. The van der Waals surface area contributed by atoms with Crippen molar-refractivity contribution >= 4 is 21.6 Å². The Morgan fingerprint density at radius 2 is 1.83 bits per heavy atom. The molecule has 2 rings (SSSR count). The predicted octanol–water partition coefficient (Wildman–Crippen LogP) is 3.61. The van der Waals surface area contributed by atoms with Crippen LogP contribution in [-0.2, 0) is 21.2 Å². The number of amides is 1. The molecule has 0 saturated carbocycles. The van der Waals surface area contributed by atoms with Gasteiger partial charge in [-0.3, -0.25) is 9.10 Å². The van der Waals surface area contributed by atoms with Crippen molar-refractivity contribution in [3.05, 3.63) is 59.2 Å². The summed E-state index contributed by atoms with van der Waals surface area (Å²) in [6.45, 7) is 4.67. The Kier molecular flexibility index (Phi) is 8.72.